The fraction of sp³-hybridized carbons (Fsp3) is 0.526. The van der Waals surface area contributed by atoms with E-state index in [1.165, 1.54) is 12.1 Å². The number of benzene rings is 1. The second-order valence-corrected chi connectivity index (χ2v) is 8.48. The Labute approximate surface area is 168 Å². The molecule has 10 heteroatoms. The Morgan fingerprint density at radius 3 is 1.97 bits per heavy atom. The van der Waals surface area contributed by atoms with E-state index in [0.29, 0.717) is 0 Å². The van der Waals surface area contributed by atoms with Crippen LogP contribution in [0.25, 0.3) is 0 Å². The number of nitrogens with zero attached hydrogens (tertiary/aromatic N) is 1. The first-order valence-corrected chi connectivity index (χ1v) is 8.80. The van der Waals surface area contributed by atoms with Crippen molar-refractivity contribution in [1.82, 2.24) is 5.32 Å². The minimum absolute atomic E-state index is 0.0327. The zero-order valence-corrected chi connectivity index (χ0v) is 17.2. The van der Waals surface area contributed by atoms with Gasteiger partial charge in [0.2, 0.25) is 0 Å². The van der Waals surface area contributed by atoms with Crippen molar-refractivity contribution in [3.63, 3.8) is 0 Å². The van der Waals surface area contributed by atoms with Crippen molar-refractivity contribution in [2.24, 2.45) is 11.3 Å². The third kappa shape index (κ3) is 7.40. The first-order chi connectivity index (χ1) is 13.1. The van der Waals surface area contributed by atoms with Crippen molar-refractivity contribution in [3.05, 3.63) is 34.4 Å². The summed E-state index contributed by atoms with van der Waals surface area (Å²) in [5.41, 5.74) is -1.98. The molecule has 160 valence electrons. The quantitative estimate of drug-likeness (QED) is 0.315. The number of amides is 1. The molecule has 0 spiro atoms. The molecule has 2 atom stereocenters. The Hall–Kier alpha value is -3.17. The van der Waals surface area contributed by atoms with Gasteiger partial charge >= 0.3 is 18.0 Å². The maximum Gasteiger partial charge on any atom is 0.408 e. The molecule has 0 fully saturated rings. The van der Waals surface area contributed by atoms with E-state index in [1.54, 1.807) is 41.5 Å². The van der Waals surface area contributed by atoms with E-state index in [4.69, 9.17) is 9.47 Å². The number of hydrogen-bond acceptors (Lipinski definition) is 7. The highest BCUT2D eigenvalue weighted by Gasteiger charge is 2.44. The van der Waals surface area contributed by atoms with Crippen molar-refractivity contribution >= 4 is 23.7 Å². The molecule has 0 aliphatic carbocycles. The van der Waals surface area contributed by atoms with Gasteiger partial charge < -0.3 is 19.9 Å². The van der Waals surface area contributed by atoms with E-state index in [0.717, 1.165) is 12.1 Å². The fourth-order valence-electron chi connectivity index (χ4n) is 2.54. The average Bonchev–Trinajstić information content (AvgIpc) is 2.51. The minimum Gasteiger partial charge on any atom is -0.481 e. The Balaban J connectivity index is 3.17. The van der Waals surface area contributed by atoms with Crippen LogP contribution in [0.3, 0.4) is 0 Å². The second-order valence-electron chi connectivity index (χ2n) is 8.48. The molecule has 0 bridgehead atoms. The molecule has 1 aromatic rings. The molecule has 1 amide bonds. The molecule has 0 aliphatic rings. The van der Waals surface area contributed by atoms with Crippen molar-refractivity contribution in [1.29, 1.82) is 0 Å². The Bertz CT molecular complexity index is 775. The lowest BCUT2D eigenvalue weighted by Crippen LogP contribution is -2.55. The van der Waals surface area contributed by atoms with Crippen LogP contribution >= 0.6 is 0 Å². The van der Waals surface area contributed by atoms with Gasteiger partial charge in [-0.15, -0.1) is 0 Å². The molecule has 0 heterocycles. The molecule has 2 N–H and O–H groups in total. The number of carbonyl (C=O) groups excluding carboxylic acids is 2. The van der Waals surface area contributed by atoms with Crippen LogP contribution in [0.5, 0.6) is 5.75 Å². The highest BCUT2D eigenvalue weighted by molar-refractivity contribution is 5.88. The van der Waals surface area contributed by atoms with Gasteiger partial charge in [-0.2, -0.15) is 0 Å². The Morgan fingerprint density at radius 2 is 1.59 bits per heavy atom. The van der Waals surface area contributed by atoms with E-state index in [-0.39, 0.29) is 11.4 Å². The number of non-ortho nitro benzene ring substituents is 1. The molecule has 10 nitrogen and oxygen atoms in total. The third-order valence-electron chi connectivity index (χ3n) is 3.72. The molecule has 29 heavy (non-hydrogen) atoms. The first-order valence-electron chi connectivity index (χ1n) is 8.80. The molecule has 1 unspecified atom stereocenters. The number of alkyl carbamates (subject to hydrolysis) is 1. The lowest BCUT2D eigenvalue weighted by molar-refractivity contribution is -0.384. The SMILES string of the molecule is CC(C)(C)OC(=O)N[C@H](C(=O)Oc1ccc([N+](=O)[O-])cc1)C(C(=O)O)C(C)(C)C. The van der Waals surface area contributed by atoms with Gasteiger partial charge in [0.15, 0.2) is 0 Å². The summed E-state index contributed by atoms with van der Waals surface area (Å²) in [6.45, 7) is 9.68. The molecule has 0 saturated heterocycles. The topological polar surface area (TPSA) is 145 Å². The molecule has 0 radical (unpaired) electrons. The summed E-state index contributed by atoms with van der Waals surface area (Å²) in [7, 11) is 0. The predicted molar refractivity (Wildman–Crippen MR) is 102 cm³/mol. The van der Waals surface area contributed by atoms with Gasteiger partial charge in [0, 0.05) is 12.1 Å². The van der Waals surface area contributed by atoms with Gasteiger partial charge in [0.05, 0.1) is 10.8 Å². The van der Waals surface area contributed by atoms with Crippen LogP contribution in [-0.4, -0.2) is 39.7 Å². The predicted octanol–water partition coefficient (Wildman–Crippen LogP) is 3.14. The molecular formula is C19H26N2O8. The third-order valence-corrected chi connectivity index (χ3v) is 3.72. The Morgan fingerprint density at radius 1 is 1.07 bits per heavy atom. The van der Waals surface area contributed by atoms with E-state index in [9.17, 15) is 29.6 Å². The van der Waals surface area contributed by atoms with Crippen molar-refractivity contribution in [2.45, 2.75) is 53.2 Å². The summed E-state index contributed by atoms with van der Waals surface area (Å²) in [6, 6.07) is 3.12. The highest BCUT2D eigenvalue weighted by Crippen LogP contribution is 2.30. The van der Waals surface area contributed by atoms with E-state index in [1.807, 2.05) is 0 Å². The molecule has 0 aromatic heterocycles. The molecule has 1 rings (SSSR count). The number of ether oxygens (including phenoxy) is 2. The number of nitrogens with one attached hydrogen (secondary N) is 1. The lowest BCUT2D eigenvalue weighted by Gasteiger charge is -2.33. The van der Waals surface area contributed by atoms with Crippen molar-refractivity contribution in [3.8, 4) is 5.75 Å². The van der Waals surface area contributed by atoms with Crippen LogP contribution in [0.1, 0.15) is 41.5 Å². The summed E-state index contributed by atoms with van der Waals surface area (Å²) in [6.07, 6.45) is -0.973. The van der Waals surface area contributed by atoms with E-state index in [2.05, 4.69) is 5.32 Å². The molecular weight excluding hydrogens is 384 g/mol. The first kappa shape index (κ1) is 23.9. The van der Waals surface area contributed by atoms with Gasteiger partial charge in [0.25, 0.3) is 5.69 Å². The maximum absolute atomic E-state index is 12.7. The van der Waals surface area contributed by atoms with Crippen LogP contribution < -0.4 is 10.1 Å². The van der Waals surface area contributed by atoms with Gasteiger partial charge in [-0.05, 0) is 38.3 Å². The molecule has 1 aromatic carbocycles. The smallest absolute Gasteiger partial charge is 0.408 e. The van der Waals surface area contributed by atoms with Gasteiger partial charge in [-0.3, -0.25) is 14.9 Å². The van der Waals surface area contributed by atoms with Crippen molar-refractivity contribution < 1.29 is 33.9 Å². The largest absolute Gasteiger partial charge is 0.481 e. The highest BCUT2D eigenvalue weighted by atomic mass is 16.6. The van der Waals surface area contributed by atoms with Crippen LogP contribution in [0.2, 0.25) is 0 Å². The van der Waals surface area contributed by atoms with Crippen LogP contribution in [-0.2, 0) is 14.3 Å². The number of carboxylic acids is 1. The number of nitro groups is 1. The summed E-state index contributed by atoms with van der Waals surface area (Å²) in [4.78, 5) is 46.9. The minimum atomic E-state index is -1.56. The monoisotopic (exact) mass is 410 g/mol. The van der Waals surface area contributed by atoms with Crippen LogP contribution in [0.4, 0.5) is 10.5 Å². The molecule has 0 saturated carbocycles. The number of carbonyl (C=O) groups is 3. The molecule has 0 aliphatic heterocycles. The summed E-state index contributed by atoms with van der Waals surface area (Å²) < 4.78 is 10.3. The fourth-order valence-corrected chi connectivity index (χ4v) is 2.54. The van der Waals surface area contributed by atoms with Crippen molar-refractivity contribution in [2.75, 3.05) is 0 Å². The maximum atomic E-state index is 12.7. The second kappa shape index (κ2) is 8.89. The standard InChI is InChI=1S/C19H26N2O8/c1-18(2,3)13(15(22)23)14(20-17(25)29-19(4,5)6)16(24)28-12-9-7-11(8-10-12)21(26)27/h7-10,13-14H,1-6H3,(H,20,25)(H,22,23)/t13?,14-/m0/s1. The zero-order chi connectivity index (χ0) is 22.6. The number of esters is 1. The van der Waals surface area contributed by atoms with E-state index < -0.39 is 45.9 Å². The van der Waals surface area contributed by atoms with Gasteiger partial charge in [0.1, 0.15) is 17.4 Å². The number of nitro benzene ring substituents is 1. The normalized spacial score (nSPS) is 13.7. The summed E-state index contributed by atoms with van der Waals surface area (Å²) >= 11 is 0. The summed E-state index contributed by atoms with van der Waals surface area (Å²) in [5, 5.41) is 22.7. The average molecular weight is 410 g/mol. The summed E-state index contributed by atoms with van der Waals surface area (Å²) in [5.74, 6) is -3.71. The van der Waals surface area contributed by atoms with Gasteiger partial charge in [-0.1, -0.05) is 20.8 Å². The van der Waals surface area contributed by atoms with E-state index >= 15 is 0 Å². The van der Waals surface area contributed by atoms with Crippen LogP contribution in [0, 0.1) is 21.4 Å². The Kier molecular flexibility index (Phi) is 7.32. The van der Waals surface area contributed by atoms with Gasteiger partial charge in [-0.25, -0.2) is 9.59 Å². The van der Waals surface area contributed by atoms with Crippen LogP contribution in [0.15, 0.2) is 24.3 Å². The number of aliphatic carboxylic acids is 1. The number of carboxylic acid groups (broad SMARTS) is 1. The zero-order valence-electron chi connectivity index (χ0n) is 17.2. The number of rotatable bonds is 6. The lowest BCUT2D eigenvalue weighted by atomic mass is 9.76. The number of hydrogen-bond donors (Lipinski definition) is 2.